The lowest BCUT2D eigenvalue weighted by molar-refractivity contribution is -0.116. The Balaban J connectivity index is 1.70. The summed E-state index contributed by atoms with van der Waals surface area (Å²) in [5, 5.41) is 2.90. The Kier molecular flexibility index (Phi) is 6.37. The van der Waals surface area contributed by atoms with E-state index in [-0.39, 0.29) is 5.91 Å². The number of allylic oxidation sites excluding steroid dienone is 1. The molecule has 0 aliphatic carbocycles. The second kappa shape index (κ2) is 8.78. The van der Waals surface area contributed by atoms with Crippen molar-refractivity contribution in [1.29, 1.82) is 0 Å². The SMILES string of the molecule is C/C(=C/C(=O)NCCc1ccccn1)CCc1ccccc1. The molecule has 0 unspecified atom stereocenters. The molecule has 0 saturated carbocycles. The number of aryl methyl sites for hydroxylation is 1. The summed E-state index contributed by atoms with van der Waals surface area (Å²) in [6.07, 6.45) is 6.08. The number of nitrogens with one attached hydrogen (secondary N) is 1. The zero-order valence-electron chi connectivity index (χ0n) is 13.0. The first-order valence-electron chi connectivity index (χ1n) is 7.63. The minimum Gasteiger partial charge on any atom is -0.352 e. The molecule has 1 heterocycles. The van der Waals surface area contributed by atoms with Gasteiger partial charge in [0.1, 0.15) is 0 Å². The van der Waals surface area contributed by atoms with E-state index in [1.54, 1.807) is 12.3 Å². The van der Waals surface area contributed by atoms with E-state index >= 15 is 0 Å². The van der Waals surface area contributed by atoms with E-state index in [9.17, 15) is 4.79 Å². The van der Waals surface area contributed by atoms with Crippen molar-refractivity contribution in [2.75, 3.05) is 6.54 Å². The highest BCUT2D eigenvalue weighted by Crippen LogP contribution is 2.08. The fourth-order valence-corrected chi connectivity index (χ4v) is 2.19. The Hall–Kier alpha value is -2.42. The van der Waals surface area contributed by atoms with Crippen LogP contribution in [0.3, 0.4) is 0 Å². The van der Waals surface area contributed by atoms with Crippen LogP contribution in [-0.4, -0.2) is 17.4 Å². The van der Waals surface area contributed by atoms with Gasteiger partial charge in [-0.3, -0.25) is 9.78 Å². The molecule has 0 atom stereocenters. The van der Waals surface area contributed by atoms with Gasteiger partial charge >= 0.3 is 0 Å². The van der Waals surface area contributed by atoms with Crippen LogP contribution in [0, 0.1) is 0 Å². The fraction of sp³-hybridized carbons (Fsp3) is 0.263. The topological polar surface area (TPSA) is 42.0 Å². The number of hydrogen-bond acceptors (Lipinski definition) is 2. The summed E-state index contributed by atoms with van der Waals surface area (Å²) in [5.74, 6) is -0.0264. The van der Waals surface area contributed by atoms with Gasteiger partial charge in [0.15, 0.2) is 0 Å². The first-order chi connectivity index (χ1) is 10.7. The van der Waals surface area contributed by atoms with Crippen LogP contribution in [0.2, 0.25) is 0 Å². The molecule has 3 nitrogen and oxygen atoms in total. The van der Waals surface area contributed by atoms with E-state index in [4.69, 9.17) is 0 Å². The lowest BCUT2D eigenvalue weighted by Crippen LogP contribution is -2.24. The molecule has 0 saturated heterocycles. The number of carbonyl (C=O) groups is 1. The summed E-state index contributed by atoms with van der Waals surface area (Å²) < 4.78 is 0. The van der Waals surface area contributed by atoms with Gasteiger partial charge in [0.2, 0.25) is 5.91 Å². The second-order valence-corrected chi connectivity index (χ2v) is 5.34. The van der Waals surface area contributed by atoms with Gasteiger partial charge < -0.3 is 5.32 Å². The Morgan fingerprint density at radius 3 is 2.59 bits per heavy atom. The highest BCUT2D eigenvalue weighted by atomic mass is 16.1. The third kappa shape index (κ3) is 5.92. The van der Waals surface area contributed by atoms with Crippen LogP contribution in [-0.2, 0) is 17.6 Å². The van der Waals surface area contributed by atoms with E-state index in [1.807, 2.05) is 43.3 Å². The predicted octanol–water partition coefficient (Wildman–Crippen LogP) is 3.32. The molecule has 22 heavy (non-hydrogen) atoms. The monoisotopic (exact) mass is 294 g/mol. The van der Waals surface area contributed by atoms with Crippen LogP contribution in [0.5, 0.6) is 0 Å². The van der Waals surface area contributed by atoms with Gasteiger partial charge in [-0.1, -0.05) is 42.0 Å². The average Bonchev–Trinajstić information content (AvgIpc) is 2.55. The van der Waals surface area contributed by atoms with Crippen LogP contribution in [0.15, 0.2) is 66.4 Å². The van der Waals surface area contributed by atoms with Crippen molar-refractivity contribution < 1.29 is 4.79 Å². The highest BCUT2D eigenvalue weighted by molar-refractivity contribution is 5.88. The number of nitrogens with zero attached hydrogens (tertiary/aromatic N) is 1. The third-order valence-corrected chi connectivity index (χ3v) is 3.43. The van der Waals surface area contributed by atoms with E-state index in [0.717, 1.165) is 30.5 Å². The molecular formula is C19H22N2O. The molecule has 1 N–H and O–H groups in total. The zero-order valence-corrected chi connectivity index (χ0v) is 13.0. The van der Waals surface area contributed by atoms with Crippen molar-refractivity contribution in [3.8, 4) is 0 Å². The lowest BCUT2D eigenvalue weighted by Gasteiger charge is -2.04. The summed E-state index contributed by atoms with van der Waals surface area (Å²) in [4.78, 5) is 16.1. The quantitative estimate of drug-likeness (QED) is 0.796. The molecule has 1 amide bonds. The first-order valence-corrected chi connectivity index (χ1v) is 7.63. The van der Waals surface area contributed by atoms with Gasteiger partial charge in [-0.05, 0) is 37.5 Å². The molecule has 2 aromatic rings. The molecule has 1 aromatic heterocycles. The number of aromatic nitrogens is 1. The van der Waals surface area contributed by atoms with Crippen LogP contribution >= 0.6 is 0 Å². The highest BCUT2D eigenvalue weighted by Gasteiger charge is 2.00. The molecule has 3 heteroatoms. The predicted molar refractivity (Wildman–Crippen MR) is 89.5 cm³/mol. The van der Waals surface area contributed by atoms with Crippen LogP contribution in [0.25, 0.3) is 0 Å². The Morgan fingerprint density at radius 1 is 1.09 bits per heavy atom. The number of amides is 1. The summed E-state index contributed by atoms with van der Waals surface area (Å²) >= 11 is 0. The molecule has 114 valence electrons. The molecule has 0 fully saturated rings. The van der Waals surface area contributed by atoms with Gasteiger partial charge in [0, 0.05) is 30.9 Å². The van der Waals surface area contributed by atoms with Gasteiger partial charge in [-0.25, -0.2) is 0 Å². The van der Waals surface area contributed by atoms with E-state index < -0.39 is 0 Å². The second-order valence-electron chi connectivity index (χ2n) is 5.34. The minimum atomic E-state index is -0.0264. The molecule has 0 bridgehead atoms. The molecule has 1 aromatic carbocycles. The smallest absolute Gasteiger partial charge is 0.243 e. The van der Waals surface area contributed by atoms with Crippen molar-refractivity contribution in [2.24, 2.45) is 0 Å². The Bertz CT molecular complexity index is 606. The summed E-state index contributed by atoms with van der Waals surface area (Å²) in [5.41, 5.74) is 3.39. The van der Waals surface area contributed by atoms with E-state index in [0.29, 0.717) is 6.54 Å². The standard InChI is InChI=1S/C19H22N2O/c1-16(10-11-17-7-3-2-4-8-17)15-19(22)21-14-12-18-9-5-6-13-20-18/h2-9,13,15H,10-12,14H2,1H3,(H,21,22)/b16-15-. The fourth-order valence-electron chi connectivity index (χ4n) is 2.19. The Labute approximate surface area is 132 Å². The summed E-state index contributed by atoms with van der Waals surface area (Å²) in [6.45, 7) is 2.61. The maximum atomic E-state index is 11.8. The summed E-state index contributed by atoms with van der Waals surface area (Å²) in [7, 11) is 0. The van der Waals surface area contributed by atoms with Gasteiger partial charge in [-0.2, -0.15) is 0 Å². The Morgan fingerprint density at radius 2 is 1.86 bits per heavy atom. The van der Waals surface area contributed by atoms with Crippen molar-refractivity contribution in [1.82, 2.24) is 10.3 Å². The normalized spacial score (nSPS) is 11.2. The third-order valence-electron chi connectivity index (χ3n) is 3.43. The molecular weight excluding hydrogens is 272 g/mol. The summed E-state index contributed by atoms with van der Waals surface area (Å²) in [6, 6.07) is 16.1. The average molecular weight is 294 g/mol. The van der Waals surface area contributed by atoms with E-state index in [1.165, 1.54) is 5.56 Å². The molecule has 2 rings (SSSR count). The van der Waals surface area contributed by atoms with Gasteiger partial charge in [0.25, 0.3) is 0 Å². The van der Waals surface area contributed by atoms with Crippen LogP contribution in [0.4, 0.5) is 0 Å². The largest absolute Gasteiger partial charge is 0.352 e. The van der Waals surface area contributed by atoms with Crippen LogP contribution < -0.4 is 5.32 Å². The minimum absolute atomic E-state index is 0.0264. The zero-order chi connectivity index (χ0) is 15.6. The van der Waals surface area contributed by atoms with Gasteiger partial charge in [-0.15, -0.1) is 0 Å². The maximum absolute atomic E-state index is 11.8. The number of carbonyl (C=O) groups excluding carboxylic acids is 1. The van der Waals surface area contributed by atoms with Crippen molar-refractivity contribution >= 4 is 5.91 Å². The lowest BCUT2D eigenvalue weighted by atomic mass is 10.1. The van der Waals surface area contributed by atoms with Crippen molar-refractivity contribution in [2.45, 2.75) is 26.2 Å². The molecule has 0 radical (unpaired) electrons. The van der Waals surface area contributed by atoms with E-state index in [2.05, 4.69) is 22.4 Å². The molecule has 0 aliphatic rings. The number of pyridine rings is 1. The maximum Gasteiger partial charge on any atom is 0.243 e. The first kappa shape index (κ1) is 16.0. The number of rotatable bonds is 7. The molecule has 0 spiro atoms. The van der Waals surface area contributed by atoms with Crippen molar-refractivity contribution in [3.63, 3.8) is 0 Å². The van der Waals surface area contributed by atoms with Crippen LogP contribution in [0.1, 0.15) is 24.6 Å². The van der Waals surface area contributed by atoms with Gasteiger partial charge in [0.05, 0.1) is 0 Å². The van der Waals surface area contributed by atoms with Crippen molar-refractivity contribution in [3.05, 3.63) is 77.6 Å². The number of hydrogen-bond donors (Lipinski definition) is 1. The molecule has 0 aliphatic heterocycles. The number of benzene rings is 1.